The van der Waals surface area contributed by atoms with Gasteiger partial charge in [-0.15, -0.1) is 0 Å². The van der Waals surface area contributed by atoms with Crippen molar-refractivity contribution in [3.8, 4) is 0 Å². The van der Waals surface area contributed by atoms with E-state index in [0.29, 0.717) is 18.5 Å². The highest BCUT2D eigenvalue weighted by Crippen LogP contribution is 2.06. The van der Waals surface area contributed by atoms with Crippen LogP contribution in [-0.4, -0.2) is 23.7 Å². The topological polar surface area (TPSA) is 49.3 Å². The van der Waals surface area contributed by atoms with Gasteiger partial charge in [0.15, 0.2) is 0 Å². The van der Waals surface area contributed by atoms with Crippen molar-refractivity contribution in [2.75, 3.05) is 6.54 Å². The van der Waals surface area contributed by atoms with Gasteiger partial charge in [-0.25, -0.2) is 0 Å². The van der Waals surface area contributed by atoms with Crippen LogP contribution in [0.4, 0.5) is 0 Å². The molecule has 0 radical (unpaired) electrons. The number of rotatable bonds is 5. The predicted octanol–water partition coefficient (Wildman–Crippen LogP) is 2.13. The van der Waals surface area contributed by atoms with E-state index >= 15 is 0 Å². The highest BCUT2D eigenvalue weighted by molar-refractivity contribution is 5.94. The SMILES string of the molecule is Cc1cccc(C(=O)NCC(C)CC(C)O)c1. The lowest BCUT2D eigenvalue weighted by molar-refractivity contribution is 0.0939. The Morgan fingerprint density at radius 1 is 1.41 bits per heavy atom. The molecular weight excluding hydrogens is 214 g/mol. The maximum absolute atomic E-state index is 11.8. The number of carbonyl (C=O) groups excluding carboxylic acids is 1. The third-order valence-electron chi connectivity index (χ3n) is 2.63. The second-order valence-electron chi connectivity index (χ2n) is 4.77. The number of hydrogen-bond acceptors (Lipinski definition) is 2. The van der Waals surface area contributed by atoms with Crippen LogP contribution in [0.3, 0.4) is 0 Å². The Morgan fingerprint density at radius 2 is 2.12 bits per heavy atom. The van der Waals surface area contributed by atoms with Gasteiger partial charge in [0, 0.05) is 12.1 Å². The van der Waals surface area contributed by atoms with Crippen molar-refractivity contribution in [1.82, 2.24) is 5.32 Å². The molecule has 3 nitrogen and oxygen atoms in total. The number of aryl methyl sites for hydroxylation is 1. The van der Waals surface area contributed by atoms with E-state index < -0.39 is 0 Å². The molecule has 0 saturated heterocycles. The van der Waals surface area contributed by atoms with Crippen LogP contribution in [0.15, 0.2) is 24.3 Å². The fourth-order valence-electron chi connectivity index (χ4n) is 1.82. The fraction of sp³-hybridized carbons (Fsp3) is 0.500. The number of amides is 1. The van der Waals surface area contributed by atoms with E-state index in [1.54, 1.807) is 6.92 Å². The van der Waals surface area contributed by atoms with Crippen LogP contribution in [0.25, 0.3) is 0 Å². The monoisotopic (exact) mass is 235 g/mol. The van der Waals surface area contributed by atoms with E-state index in [0.717, 1.165) is 5.56 Å². The largest absolute Gasteiger partial charge is 0.393 e. The van der Waals surface area contributed by atoms with Gasteiger partial charge < -0.3 is 10.4 Å². The first-order valence-corrected chi connectivity index (χ1v) is 6.02. The first kappa shape index (κ1) is 13.7. The summed E-state index contributed by atoms with van der Waals surface area (Å²) in [6, 6.07) is 7.52. The molecule has 2 unspecified atom stereocenters. The minimum atomic E-state index is -0.319. The van der Waals surface area contributed by atoms with E-state index in [2.05, 4.69) is 5.32 Å². The summed E-state index contributed by atoms with van der Waals surface area (Å²) in [5, 5.41) is 12.1. The van der Waals surface area contributed by atoms with Crippen LogP contribution in [0.2, 0.25) is 0 Å². The van der Waals surface area contributed by atoms with Gasteiger partial charge in [0.2, 0.25) is 0 Å². The lowest BCUT2D eigenvalue weighted by atomic mass is 10.0. The molecule has 1 rings (SSSR count). The average Bonchev–Trinajstić information content (AvgIpc) is 2.25. The average molecular weight is 235 g/mol. The Hall–Kier alpha value is -1.35. The molecule has 1 amide bonds. The summed E-state index contributed by atoms with van der Waals surface area (Å²) >= 11 is 0. The van der Waals surface area contributed by atoms with E-state index in [1.165, 1.54) is 0 Å². The molecule has 1 aromatic rings. The van der Waals surface area contributed by atoms with Crippen LogP contribution in [0.5, 0.6) is 0 Å². The quantitative estimate of drug-likeness (QED) is 0.821. The Labute approximate surface area is 103 Å². The first-order chi connectivity index (χ1) is 7.99. The lowest BCUT2D eigenvalue weighted by Crippen LogP contribution is -2.29. The summed E-state index contributed by atoms with van der Waals surface area (Å²) < 4.78 is 0. The van der Waals surface area contributed by atoms with E-state index in [-0.39, 0.29) is 17.9 Å². The number of hydrogen-bond donors (Lipinski definition) is 2. The van der Waals surface area contributed by atoms with Gasteiger partial charge in [-0.3, -0.25) is 4.79 Å². The second-order valence-corrected chi connectivity index (χ2v) is 4.77. The van der Waals surface area contributed by atoms with Crippen LogP contribution in [0.1, 0.15) is 36.2 Å². The first-order valence-electron chi connectivity index (χ1n) is 6.02. The minimum Gasteiger partial charge on any atom is -0.393 e. The standard InChI is InChI=1S/C14H21NO2/c1-10-5-4-6-13(8-10)14(17)15-9-11(2)7-12(3)16/h4-6,8,11-12,16H,7,9H2,1-3H3,(H,15,17). The van der Waals surface area contributed by atoms with Gasteiger partial charge in [-0.05, 0) is 38.3 Å². The summed E-state index contributed by atoms with van der Waals surface area (Å²) in [4.78, 5) is 11.8. The molecule has 0 bridgehead atoms. The highest BCUT2D eigenvalue weighted by atomic mass is 16.3. The number of nitrogens with one attached hydrogen (secondary N) is 1. The molecule has 1 aromatic carbocycles. The third-order valence-corrected chi connectivity index (χ3v) is 2.63. The van der Waals surface area contributed by atoms with Crippen molar-refractivity contribution < 1.29 is 9.90 Å². The molecule has 0 fully saturated rings. The molecule has 0 aromatic heterocycles. The molecular formula is C14H21NO2. The molecule has 0 aliphatic carbocycles. The molecule has 0 aliphatic rings. The number of aliphatic hydroxyl groups excluding tert-OH is 1. The molecule has 2 atom stereocenters. The van der Waals surface area contributed by atoms with Crippen LogP contribution >= 0.6 is 0 Å². The molecule has 94 valence electrons. The van der Waals surface area contributed by atoms with Crippen molar-refractivity contribution in [2.24, 2.45) is 5.92 Å². The van der Waals surface area contributed by atoms with E-state index in [4.69, 9.17) is 0 Å². The van der Waals surface area contributed by atoms with Crippen LogP contribution in [0, 0.1) is 12.8 Å². The van der Waals surface area contributed by atoms with Gasteiger partial charge in [-0.2, -0.15) is 0 Å². The van der Waals surface area contributed by atoms with E-state index in [9.17, 15) is 9.90 Å². The zero-order chi connectivity index (χ0) is 12.8. The molecule has 2 N–H and O–H groups in total. The van der Waals surface area contributed by atoms with Crippen molar-refractivity contribution in [2.45, 2.75) is 33.3 Å². The smallest absolute Gasteiger partial charge is 0.251 e. The third kappa shape index (κ3) is 5.00. The Kier molecular flexibility index (Phi) is 5.16. The van der Waals surface area contributed by atoms with Crippen molar-refractivity contribution in [3.63, 3.8) is 0 Å². The molecule has 0 spiro atoms. The lowest BCUT2D eigenvalue weighted by Gasteiger charge is -2.14. The van der Waals surface area contributed by atoms with Gasteiger partial charge in [0.05, 0.1) is 6.10 Å². The van der Waals surface area contributed by atoms with E-state index in [1.807, 2.05) is 38.1 Å². The Balaban J connectivity index is 2.45. The second kappa shape index (κ2) is 6.40. The van der Waals surface area contributed by atoms with Gasteiger partial charge in [-0.1, -0.05) is 24.6 Å². The Morgan fingerprint density at radius 3 is 2.71 bits per heavy atom. The maximum Gasteiger partial charge on any atom is 0.251 e. The maximum atomic E-state index is 11.8. The summed E-state index contributed by atoms with van der Waals surface area (Å²) in [5.74, 6) is 0.231. The molecule has 17 heavy (non-hydrogen) atoms. The van der Waals surface area contributed by atoms with Crippen LogP contribution in [-0.2, 0) is 0 Å². The Bertz CT molecular complexity index is 374. The van der Waals surface area contributed by atoms with Gasteiger partial charge in [0.25, 0.3) is 5.91 Å². The predicted molar refractivity (Wildman–Crippen MR) is 69.0 cm³/mol. The summed E-state index contributed by atoms with van der Waals surface area (Å²) in [6.45, 7) is 6.34. The molecule has 0 saturated carbocycles. The minimum absolute atomic E-state index is 0.0499. The number of carbonyl (C=O) groups is 1. The summed E-state index contributed by atoms with van der Waals surface area (Å²) in [7, 11) is 0. The van der Waals surface area contributed by atoms with Crippen molar-refractivity contribution >= 4 is 5.91 Å². The normalized spacial score (nSPS) is 14.1. The summed E-state index contributed by atoms with van der Waals surface area (Å²) in [6.07, 6.45) is 0.384. The number of aliphatic hydroxyl groups is 1. The molecule has 0 heterocycles. The van der Waals surface area contributed by atoms with Crippen molar-refractivity contribution in [3.05, 3.63) is 35.4 Å². The highest BCUT2D eigenvalue weighted by Gasteiger charge is 2.09. The zero-order valence-corrected chi connectivity index (χ0v) is 10.7. The fourth-order valence-corrected chi connectivity index (χ4v) is 1.82. The van der Waals surface area contributed by atoms with Crippen molar-refractivity contribution in [1.29, 1.82) is 0 Å². The van der Waals surface area contributed by atoms with Crippen LogP contribution < -0.4 is 5.32 Å². The number of benzene rings is 1. The molecule has 3 heteroatoms. The van der Waals surface area contributed by atoms with Gasteiger partial charge >= 0.3 is 0 Å². The zero-order valence-electron chi connectivity index (χ0n) is 10.7. The van der Waals surface area contributed by atoms with Gasteiger partial charge in [0.1, 0.15) is 0 Å². The molecule has 0 aliphatic heterocycles. The summed E-state index contributed by atoms with van der Waals surface area (Å²) in [5.41, 5.74) is 1.77.